The molecule has 0 aromatic heterocycles. The largest absolute Gasteiger partial charge is 0.350 e. The van der Waals surface area contributed by atoms with Crippen molar-refractivity contribution in [3.05, 3.63) is 29.8 Å². The van der Waals surface area contributed by atoms with Crippen LogP contribution in [-0.4, -0.2) is 24.7 Å². The summed E-state index contributed by atoms with van der Waals surface area (Å²) in [6.07, 6.45) is 2.84. The van der Waals surface area contributed by atoms with Gasteiger partial charge in [-0.2, -0.15) is 0 Å². The number of hydrogen-bond acceptors (Lipinski definition) is 3. The molecule has 0 radical (unpaired) electrons. The zero-order valence-electron chi connectivity index (χ0n) is 13.0. The quantitative estimate of drug-likeness (QED) is 0.759. The third-order valence-corrected chi connectivity index (χ3v) is 4.90. The van der Waals surface area contributed by atoms with Crippen molar-refractivity contribution in [2.24, 2.45) is 5.92 Å². The van der Waals surface area contributed by atoms with Gasteiger partial charge in [0.1, 0.15) is 0 Å². The average molecular weight is 306 g/mol. The number of benzene rings is 1. The predicted octanol–water partition coefficient (Wildman–Crippen LogP) is 3.37. The van der Waals surface area contributed by atoms with Crippen LogP contribution in [0.1, 0.15) is 44.7 Å². The Morgan fingerprint density at radius 1 is 1.43 bits per heavy atom. The van der Waals surface area contributed by atoms with E-state index in [1.165, 1.54) is 16.9 Å². The average Bonchev–Trinajstić information content (AvgIpc) is 2.99. The van der Waals surface area contributed by atoms with E-state index in [2.05, 4.69) is 48.7 Å². The van der Waals surface area contributed by atoms with Gasteiger partial charge >= 0.3 is 0 Å². The highest BCUT2D eigenvalue weighted by atomic mass is 32.2. The van der Waals surface area contributed by atoms with Gasteiger partial charge in [-0.15, -0.1) is 11.8 Å². The summed E-state index contributed by atoms with van der Waals surface area (Å²) in [7, 11) is 0. The van der Waals surface area contributed by atoms with Crippen molar-refractivity contribution in [1.82, 2.24) is 10.6 Å². The lowest BCUT2D eigenvalue weighted by Crippen LogP contribution is -2.27. The van der Waals surface area contributed by atoms with E-state index >= 15 is 0 Å². The van der Waals surface area contributed by atoms with E-state index in [4.69, 9.17) is 0 Å². The first-order chi connectivity index (χ1) is 10.2. The summed E-state index contributed by atoms with van der Waals surface area (Å²) in [4.78, 5) is 13.3. The van der Waals surface area contributed by atoms with Gasteiger partial charge in [0.2, 0.25) is 5.91 Å². The van der Waals surface area contributed by atoms with Crippen LogP contribution >= 0.6 is 11.8 Å². The third kappa shape index (κ3) is 5.36. The topological polar surface area (TPSA) is 41.1 Å². The molecular weight excluding hydrogens is 280 g/mol. The molecule has 116 valence electrons. The minimum absolute atomic E-state index is 0.0832. The minimum Gasteiger partial charge on any atom is -0.350 e. The summed E-state index contributed by atoms with van der Waals surface area (Å²) >= 11 is 1.84. The number of rotatable bonds is 7. The van der Waals surface area contributed by atoms with Gasteiger partial charge in [0.15, 0.2) is 0 Å². The summed E-state index contributed by atoms with van der Waals surface area (Å²) in [6.45, 7) is 6.38. The maximum Gasteiger partial charge on any atom is 0.220 e. The molecule has 0 saturated carbocycles. The Morgan fingerprint density at radius 3 is 2.81 bits per heavy atom. The number of hydrogen-bond donors (Lipinski definition) is 2. The smallest absolute Gasteiger partial charge is 0.220 e. The van der Waals surface area contributed by atoms with Gasteiger partial charge in [0.25, 0.3) is 0 Å². The molecule has 1 aromatic rings. The van der Waals surface area contributed by atoms with Crippen molar-refractivity contribution >= 4 is 17.7 Å². The lowest BCUT2D eigenvalue weighted by Gasteiger charge is -2.15. The normalized spacial score (nSPS) is 19.4. The van der Waals surface area contributed by atoms with Crippen molar-refractivity contribution < 1.29 is 4.79 Å². The summed E-state index contributed by atoms with van der Waals surface area (Å²) in [5.74, 6) is 1.93. The van der Waals surface area contributed by atoms with Crippen LogP contribution in [0.25, 0.3) is 0 Å². The van der Waals surface area contributed by atoms with E-state index in [9.17, 15) is 4.79 Å². The van der Waals surface area contributed by atoms with Crippen molar-refractivity contribution in [3.8, 4) is 0 Å². The molecule has 0 bridgehead atoms. The fraction of sp³-hybridized carbons (Fsp3) is 0.588. The van der Waals surface area contributed by atoms with Crippen LogP contribution in [0.4, 0.5) is 0 Å². The highest BCUT2D eigenvalue weighted by Gasteiger charge is 2.16. The molecule has 3 nitrogen and oxygen atoms in total. The van der Waals surface area contributed by atoms with Gasteiger partial charge in [-0.05, 0) is 62.2 Å². The molecule has 1 aliphatic rings. The summed E-state index contributed by atoms with van der Waals surface area (Å²) < 4.78 is 0. The standard InChI is InChI=1S/C17H26N2OS/c1-3-21-16-7-5-15(6-8-16)13(2)19-17(20)9-4-14-10-11-18-12-14/h5-8,13-14,18H,3-4,9-12H2,1-2H3,(H,19,20). The number of nitrogens with one attached hydrogen (secondary N) is 2. The minimum atomic E-state index is 0.0832. The zero-order chi connectivity index (χ0) is 15.1. The monoisotopic (exact) mass is 306 g/mol. The van der Waals surface area contributed by atoms with Gasteiger partial charge in [-0.3, -0.25) is 4.79 Å². The number of carbonyl (C=O) groups excluding carboxylic acids is 1. The summed E-state index contributed by atoms with van der Waals surface area (Å²) in [5.41, 5.74) is 1.17. The van der Waals surface area contributed by atoms with Crippen LogP contribution in [0.5, 0.6) is 0 Å². The highest BCUT2D eigenvalue weighted by molar-refractivity contribution is 7.99. The Morgan fingerprint density at radius 2 is 2.19 bits per heavy atom. The van der Waals surface area contributed by atoms with Crippen molar-refractivity contribution in [2.45, 2.75) is 44.0 Å². The Kier molecular flexibility index (Phi) is 6.58. The second kappa shape index (κ2) is 8.44. The Hall–Kier alpha value is -1.00. The predicted molar refractivity (Wildman–Crippen MR) is 89.6 cm³/mol. The van der Waals surface area contributed by atoms with E-state index < -0.39 is 0 Å². The number of thioether (sulfide) groups is 1. The summed E-state index contributed by atoms with van der Waals surface area (Å²) in [6, 6.07) is 8.58. The van der Waals surface area contributed by atoms with Crippen LogP contribution in [0.15, 0.2) is 29.2 Å². The van der Waals surface area contributed by atoms with E-state index in [1.807, 2.05) is 11.8 Å². The number of amides is 1. The van der Waals surface area contributed by atoms with Crippen molar-refractivity contribution in [1.29, 1.82) is 0 Å². The number of carbonyl (C=O) groups is 1. The van der Waals surface area contributed by atoms with E-state index in [-0.39, 0.29) is 11.9 Å². The van der Waals surface area contributed by atoms with Crippen molar-refractivity contribution in [3.63, 3.8) is 0 Å². The second-order valence-electron chi connectivity index (χ2n) is 5.69. The molecule has 1 heterocycles. The second-order valence-corrected chi connectivity index (χ2v) is 7.03. The zero-order valence-corrected chi connectivity index (χ0v) is 13.8. The molecule has 2 rings (SSSR count). The maximum atomic E-state index is 12.0. The highest BCUT2D eigenvalue weighted by Crippen LogP contribution is 2.21. The van der Waals surface area contributed by atoms with Crippen LogP contribution in [0, 0.1) is 5.92 Å². The fourth-order valence-corrected chi connectivity index (χ4v) is 3.37. The van der Waals surface area contributed by atoms with Crippen LogP contribution < -0.4 is 10.6 Å². The molecule has 4 heteroatoms. The Bertz CT molecular complexity index is 441. The fourth-order valence-electron chi connectivity index (χ4n) is 2.71. The lowest BCUT2D eigenvalue weighted by atomic mass is 10.0. The third-order valence-electron chi connectivity index (χ3n) is 4.01. The molecule has 1 aromatic carbocycles. The van der Waals surface area contributed by atoms with Crippen molar-refractivity contribution in [2.75, 3.05) is 18.8 Å². The molecule has 1 amide bonds. The van der Waals surface area contributed by atoms with Gasteiger partial charge in [0, 0.05) is 11.3 Å². The molecule has 0 aliphatic carbocycles. The van der Waals surface area contributed by atoms with E-state index in [0.29, 0.717) is 12.3 Å². The lowest BCUT2D eigenvalue weighted by molar-refractivity contribution is -0.122. The Labute approximate surface area is 132 Å². The van der Waals surface area contributed by atoms with Gasteiger partial charge in [-0.25, -0.2) is 0 Å². The van der Waals surface area contributed by atoms with Gasteiger partial charge in [-0.1, -0.05) is 19.1 Å². The van der Waals surface area contributed by atoms with Gasteiger partial charge in [0.05, 0.1) is 6.04 Å². The molecular formula is C17H26N2OS. The van der Waals surface area contributed by atoms with Crippen LogP contribution in [0.3, 0.4) is 0 Å². The first kappa shape index (κ1) is 16.4. The first-order valence-corrected chi connectivity index (χ1v) is 8.90. The molecule has 1 fully saturated rings. The van der Waals surface area contributed by atoms with E-state index in [0.717, 1.165) is 25.3 Å². The molecule has 2 N–H and O–H groups in total. The maximum absolute atomic E-state index is 12.0. The van der Waals surface area contributed by atoms with Crippen LogP contribution in [0.2, 0.25) is 0 Å². The molecule has 1 saturated heterocycles. The molecule has 0 spiro atoms. The molecule has 1 aliphatic heterocycles. The van der Waals surface area contributed by atoms with Gasteiger partial charge < -0.3 is 10.6 Å². The van der Waals surface area contributed by atoms with E-state index in [1.54, 1.807) is 0 Å². The molecule has 2 unspecified atom stereocenters. The Balaban J connectivity index is 1.76. The SMILES string of the molecule is CCSc1ccc(C(C)NC(=O)CCC2CCNC2)cc1. The molecule has 21 heavy (non-hydrogen) atoms. The first-order valence-electron chi connectivity index (χ1n) is 7.92. The summed E-state index contributed by atoms with van der Waals surface area (Å²) in [5, 5.41) is 6.45. The van der Waals surface area contributed by atoms with Crippen LogP contribution in [-0.2, 0) is 4.79 Å². The molecule has 2 atom stereocenters.